The Morgan fingerprint density at radius 3 is 2.52 bits per heavy atom. The van der Waals surface area contributed by atoms with Crippen LogP contribution in [0.5, 0.6) is 5.75 Å². The van der Waals surface area contributed by atoms with Crippen molar-refractivity contribution in [3.8, 4) is 5.75 Å². The number of hydrogen-bond acceptors (Lipinski definition) is 5. The summed E-state index contributed by atoms with van der Waals surface area (Å²) in [5.74, 6) is 0.742. The highest BCUT2D eigenvalue weighted by Gasteiger charge is 2.30. The third-order valence-corrected chi connectivity index (χ3v) is 4.28. The summed E-state index contributed by atoms with van der Waals surface area (Å²) in [6, 6.07) is 14.3. The number of methoxy groups -OCH3 is 1. The summed E-state index contributed by atoms with van der Waals surface area (Å²) in [5.41, 5.74) is 1.31. The van der Waals surface area contributed by atoms with Crippen molar-refractivity contribution in [2.24, 2.45) is 4.99 Å². The highest BCUT2D eigenvalue weighted by atomic mass is 16.5. The molecule has 4 rings (SSSR count). The summed E-state index contributed by atoms with van der Waals surface area (Å²) in [6.45, 7) is 1.67. The van der Waals surface area contributed by atoms with Crippen LogP contribution in [-0.2, 0) is 4.79 Å². The molecule has 0 saturated heterocycles. The number of benzene rings is 2. The lowest BCUT2D eigenvalue weighted by Crippen LogP contribution is -2.46. The molecule has 27 heavy (non-hydrogen) atoms. The SMILES string of the molecule is COc1ccc(/C=C2/N=C(C)N(n3cnc4ccccc4c3=O)C2=O)cc1. The molecule has 3 aromatic rings. The summed E-state index contributed by atoms with van der Waals surface area (Å²) in [4.78, 5) is 34.2. The molecule has 2 heterocycles. The van der Waals surface area contributed by atoms with Crippen LogP contribution in [0.3, 0.4) is 0 Å². The van der Waals surface area contributed by atoms with Gasteiger partial charge in [-0.05, 0) is 42.8 Å². The fourth-order valence-electron chi connectivity index (χ4n) is 2.93. The van der Waals surface area contributed by atoms with Crippen LogP contribution >= 0.6 is 0 Å². The Hall–Kier alpha value is -3.74. The van der Waals surface area contributed by atoms with Gasteiger partial charge in [-0.25, -0.2) is 9.98 Å². The van der Waals surface area contributed by atoms with Gasteiger partial charge in [0.25, 0.3) is 11.5 Å². The summed E-state index contributed by atoms with van der Waals surface area (Å²) < 4.78 is 6.32. The standard InChI is InChI=1S/C20H16N4O3/c1-13-22-18(11-14-7-9-15(27-2)10-8-14)20(26)24(13)23-12-21-17-6-4-3-5-16(17)19(23)25/h3-12H,1-2H3/b18-11+. The van der Waals surface area contributed by atoms with Gasteiger partial charge in [0.2, 0.25) is 0 Å². The van der Waals surface area contributed by atoms with E-state index in [1.165, 1.54) is 16.0 Å². The lowest BCUT2D eigenvalue weighted by Gasteiger charge is -2.18. The lowest BCUT2D eigenvalue weighted by atomic mass is 10.2. The molecule has 7 nitrogen and oxygen atoms in total. The topological polar surface area (TPSA) is 76.8 Å². The Morgan fingerprint density at radius 1 is 1.04 bits per heavy atom. The molecule has 134 valence electrons. The maximum absolute atomic E-state index is 12.9. The van der Waals surface area contributed by atoms with E-state index in [1.54, 1.807) is 50.4 Å². The van der Waals surface area contributed by atoms with Crippen LogP contribution in [0.1, 0.15) is 12.5 Å². The molecule has 0 fully saturated rings. The number of aliphatic imine (C=N–C) groups is 1. The van der Waals surface area contributed by atoms with Gasteiger partial charge in [-0.2, -0.15) is 9.69 Å². The summed E-state index contributed by atoms with van der Waals surface area (Å²) in [5, 5.41) is 1.67. The second kappa shape index (κ2) is 6.53. The van der Waals surface area contributed by atoms with Gasteiger partial charge in [0.1, 0.15) is 23.6 Å². The van der Waals surface area contributed by atoms with E-state index >= 15 is 0 Å². The minimum atomic E-state index is -0.387. The van der Waals surface area contributed by atoms with Crippen LogP contribution in [0.4, 0.5) is 0 Å². The molecule has 0 N–H and O–H groups in total. The molecule has 0 bridgehead atoms. The molecule has 1 aliphatic rings. The van der Waals surface area contributed by atoms with Crippen molar-refractivity contribution in [2.75, 3.05) is 12.1 Å². The molecule has 0 aliphatic carbocycles. The van der Waals surface area contributed by atoms with Crippen molar-refractivity contribution < 1.29 is 9.53 Å². The molecule has 0 radical (unpaired) electrons. The van der Waals surface area contributed by atoms with Crippen LogP contribution in [-0.4, -0.2) is 28.5 Å². The smallest absolute Gasteiger partial charge is 0.297 e. The first-order chi connectivity index (χ1) is 13.1. The highest BCUT2D eigenvalue weighted by molar-refractivity contribution is 6.23. The van der Waals surface area contributed by atoms with Gasteiger partial charge in [0.15, 0.2) is 0 Å². The Kier molecular flexibility index (Phi) is 4.04. The molecule has 7 heteroatoms. The largest absolute Gasteiger partial charge is 0.497 e. The first-order valence-electron chi connectivity index (χ1n) is 8.30. The zero-order chi connectivity index (χ0) is 19.0. The maximum atomic E-state index is 12.9. The minimum absolute atomic E-state index is 0.248. The Labute approximate surface area is 154 Å². The van der Waals surface area contributed by atoms with Gasteiger partial charge in [-0.15, -0.1) is 0 Å². The number of aromatic nitrogens is 2. The van der Waals surface area contributed by atoms with E-state index in [0.29, 0.717) is 16.7 Å². The zero-order valence-electron chi connectivity index (χ0n) is 14.8. The molecular weight excluding hydrogens is 344 g/mol. The number of para-hydroxylation sites is 1. The average Bonchev–Trinajstić information content (AvgIpc) is 2.96. The Balaban J connectivity index is 1.73. The predicted molar refractivity (Wildman–Crippen MR) is 103 cm³/mol. The van der Waals surface area contributed by atoms with Crippen molar-refractivity contribution >= 4 is 28.7 Å². The number of hydrogen-bond donors (Lipinski definition) is 0. The third-order valence-electron chi connectivity index (χ3n) is 4.28. The fraction of sp³-hybridized carbons (Fsp3) is 0.100. The van der Waals surface area contributed by atoms with Crippen LogP contribution in [0.2, 0.25) is 0 Å². The normalized spacial score (nSPS) is 15.5. The van der Waals surface area contributed by atoms with Crippen LogP contribution in [0, 0.1) is 0 Å². The molecular formula is C20H16N4O3. The quantitative estimate of drug-likeness (QED) is 0.672. The van der Waals surface area contributed by atoms with Crippen LogP contribution in [0.25, 0.3) is 17.0 Å². The molecule has 0 atom stereocenters. The summed E-state index contributed by atoms with van der Waals surface area (Å²) in [6.07, 6.45) is 3.02. The van der Waals surface area contributed by atoms with E-state index in [9.17, 15) is 9.59 Å². The van der Waals surface area contributed by atoms with E-state index in [2.05, 4.69) is 9.98 Å². The number of carbonyl (C=O) groups excluding carboxylic acids is 1. The molecule has 0 spiro atoms. The highest BCUT2D eigenvalue weighted by Crippen LogP contribution is 2.19. The van der Waals surface area contributed by atoms with E-state index in [4.69, 9.17) is 4.74 Å². The van der Waals surface area contributed by atoms with Crippen molar-refractivity contribution in [1.82, 2.24) is 9.66 Å². The second-order valence-electron chi connectivity index (χ2n) is 5.99. The summed E-state index contributed by atoms with van der Waals surface area (Å²) >= 11 is 0. The van der Waals surface area contributed by atoms with Gasteiger partial charge >= 0.3 is 0 Å². The molecule has 2 aromatic carbocycles. The molecule has 1 amide bonds. The van der Waals surface area contributed by atoms with E-state index in [-0.39, 0.29) is 17.2 Å². The average molecular weight is 360 g/mol. The van der Waals surface area contributed by atoms with E-state index in [1.807, 2.05) is 18.2 Å². The molecule has 0 unspecified atom stereocenters. The van der Waals surface area contributed by atoms with Crippen LogP contribution < -0.4 is 15.3 Å². The number of fused-ring (bicyclic) bond motifs is 1. The van der Waals surface area contributed by atoms with Crippen molar-refractivity contribution in [3.63, 3.8) is 0 Å². The molecule has 0 saturated carbocycles. The first kappa shape index (κ1) is 16.7. The number of carbonyl (C=O) groups is 1. The summed E-state index contributed by atoms with van der Waals surface area (Å²) in [7, 11) is 1.59. The zero-order valence-corrected chi connectivity index (χ0v) is 14.8. The van der Waals surface area contributed by atoms with Gasteiger partial charge < -0.3 is 4.74 Å². The molecule has 1 aromatic heterocycles. The van der Waals surface area contributed by atoms with Gasteiger partial charge in [-0.3, -0.25) is 9.59 Å². The van der Waals surface area contributed by atoms with Crippen molar-refractivity contribution in [2.45, 2.75) is 6.92 Å². The Bertz CT molecular complexity index is 1160. The van der Waals surface area contributed by atoms with E-state index < -0.39 is 0 Å². The maximum Gasteiger partial charge on any atom is 0.297 e. The minimum Gasteiger partial charge on any atom is -0.497 e. The monoisotopic (exact) mass is 360 g/mol. The van der Waals surface area contributed by atoms with Crippen LogP contribution in [0.15, 0.2) is 70.3 Å². The number of rotatable bonds is 3. The van der Waals surface area contributed by atoms with E-state index in [0.717, 1.165) is 11.3 Å². The fourth-order valence-corrected chi connectivity index (χ4v) is 2.93. The number of nitrogens with zero attached hydrogens (tertiary/aromatic N) is 4. The first-order valence-corrected chi connectivity index (χ1v) is 8.30. The van der Waals surface area contributed by atoms with Crippen molar-refractivity contribution in [1.29, 1.82) is 0 Å². The third kappa shape index (κ3) is 2.89. The number of amidine groups is 1. The van der Waals surface area contributed by atoms with Gasteiger partial charge in [-0.1, -0.05) is 24.3 Å². The number of amides is 1. The van der Waals surface area contributed by atoms with Gasteiger partial charge in [0, 0.05) is 0 Å². The van der Waals surface area contributed by atoms with Crippen molar-refractivity contribution in [3.05, 3.63) is 76.5 Å². The van der Waals surface area contributed by atoms with Gasteiger partial charge in [0.05, 0.1) is 18.0 Å². The second-order valence-corrected chi connectivity index (χ2v) is 5.99. The number of ether oxygens (including phenoxy) is 1. The molecule has 1 aliphatic heterocycles. The Morgan fingerprint density at radius 2 is 1.78 bits per heavy atom. The lowest BCUT2D eigenvalue weighted by molar-refractivity contribution is -0.115. The predicted octanol–water partition coefficient (Wildman–Crippen LogP) is 2.34.